The molecular formula is C12H15BrClFN2O. The number of amides is 1. The van der Waals surface area contributed by atoms with Crippen LogP contribution in [0.15, 0.2) is 22.7 Å². The summed E-state index contributed by atoms with van der Waals surface area (Å²) in [5.74, 6) is -0.601. The van der Waals surface area contributed by atoms with E-state index in [0.29, 0.717) is 16.6 Å². The fourth-order valence-corrected chi connectivity index (χ4v) is 2.36. The predicted molar refractivity (Wildman–Crippen MR) is 74.5 cm³/mol. The lowest BCUT2D eigenvalue weighted by atomic mass is 9.78. The maximum Gasteiger partial charge on any atom is 0.252 e. The molecule has 1 aromatic rings. The second-order valence-electron chi connectivity index (χ2n) is 4.52. The molecule has 1 saturated carbocycles. The van der Waals surface area contributed by atoms with Gasteiger partial charge in [-0.2, -0.15) is 0 Å². The first-order chi connectivity index (χ1) is 8.00. The van der Waals surface area contributed by atoms with E-state index in [0.717, 1.165) is 19.3 Å². The molecule has 6 heteroatoms. The van der Waals surface area contributed by atoms with Gasteiger partial charge in [0.05, 0.1) is 5.56 Å². The third kappa shape index (κ3) is 3.43. The van der Waals surface area contributed by atoms with Crippen molar-refractivity contribution in [3.8, 4) is 0 Å². The van der Waals surface area contributed by atoms with E-state index < -0.39 is 0 Å². The minimum atomic E-state index is -0.372. The van der Waals surface area contributed by atoms with Crippen molar-refractivity contribution in [2.45, 2.75) is 24.8 Å². The second kappa shape index (κ2) is 5.99. The predicted octanol–water partition coefficient (Wildman–Crippen LogP) is 2.62. The standard InChI is InChI=1S/C12H14BrFN2O.ClH/c13-10-6-8(14)2-3-9(10)11(17)16-7-12(15)4-1-5-12;/h2-3,6H,1,4-5,7,15H2,(H,16,17);1H. The highest BCUT2D eigenvalue weighted by Gasteiger charge is 2.32. The Bertz CT molecular complexity index is 452. The Kier molecular flexibility index (Phi) is 5.13. The first-order valence-electron chi connectivity index (χ1n) is 5.52. The number of hydrogen-bond donors (Lipinski definition) is 2. The van der Waals surface area contributed by atoms with Crippen LogP contribution in [0.4, 0.5) is 4.39 Å². The lowest BCUT2D eigenvalue weighted by Crippen LogP contribution is -2.54. The van der Waals surface area contributed by atoms with E-state index in [4.69, 9.17) is 5.73 Å². The molecule has 0 atom stereocenters. The molecule has 1 fully saturated rings. The molecule has 3 N–H and O–H groups in total. The zero-order valence-electron chi connectivity index (χ0n) is 9.71. The van der Waals surface area contributed by atoms with Gasteiger partial charge in [0.15, 0.2) is 0 Å². The van der Waals surface area contributed by atoms with Gasteiger partial charge in [0.25, 0.3) is 5.91 Å². The van der Waals surface area contributed by atoms with Gasteiger partial charge >= 0.3 is 0 Å². The van der Waals surface area contributed by atoms with Crippen LogP contribution in [0.1, 0.15) is 29.6 Å². The molecule has 0 spiro atoms. The van der Waals surface area contributed by atoms with E-state index in [-0.39, 0.29) is 29.7 Å². The highest BCUT2D eigenvalue weighted by molar-refractivity contribution is 9.10. The van der Waals surface area contributed by atoms with Crippen molar-refractivity contribution in [3.05, 3.63) is 34.1 Å². The van der Waals surface area contributed by atoms with Crippen LogP contribution in [0.2, 0.25) is 0 Å². The molecule has 1 amide bonds. The third-order valence-electron chi connectivity index (χ3n) is 3.13. The van der Waals surface area contributed by atoms with Crippen LogP contribution in [0, 0.1) is 5.82 Å². The molecule has 18 heavy (non-hydrogen) atoms. The second-order valence-corrected chi connectivity index (χ2v) is 5.38. The molecule has 1 aromatic carbocycles. The van der Waals surface area contributed by atoms with E-state index in [9.17, 15) is 9.18 Å². The molecular weight excluding hydrogens is 323 g/mol. The van der Waals surface area contributed by atoms with Crippen molar-refractivity contribution < 1.29 is 9.18 Å². The number of nitrogens with two attached hydrogens (primary N) is 1. The molecule has 0 aromatic heterocycles. The first-order valence-corrected chi connectivity index (χ1v) is 6.32. The number of hydrogen-bond acceptors (Lipinski definition) is 2. The van der Waals surface area contributed by atoms with Crippen LogP contribution >= 0.6 is 28.3 Å². The molecule has 1 aliphatic rings. The van der Waals surface area contributed by atoms with Crippen molar-refractivity contribution in [1.29, 1.82) is 0 Å². The number of halogens is 3. The Morgan fingerprint density at radius 3 is 2.67 bits per heavy atom. The monoisotopic (exact) mass is 336 g/mol. The van der Waals surface area contributed by atoms with Gasteiger partial charge in [0.2, 0.25) is 0 Å². The Morgan fingerprint density at radius 2 is 2.17 bits per heavy atom. The topological polar surface area (TPSA) is 55.1 Å². The van der Waals surface area contributed by atoms with Crippen LogP contribution in [-0.2, 0) is 0 Å². The normalized spacial score (nSPS) is 16.4. The summed E-state index contributed by atoms with van der Waals surface area (Å²) in [5, 5.41) is 2.79. The Morgan fingerprint density at radius 1 is 1.50 bits per heavy atom. The summed E-state index contributed by atoms with van der Waals surface area (Å²) in [7, 11) is 0. The van der Waals surface area contributed by atoms with Gasteiger partial charge in [0.1, 0.15) is 5.82 Å². The summed E-state index contributed by atoms with van der Waals surface area (Å²) in [6, 6.07) is 4.00. The fraction of sp³-hybridized carbons (Fsp3) is 0.417. The molecule has 0 saturated heterocycles. The molecule has 0 aliphatic heterocycles. The quantitative estimate of drug-likeness (QED) is 0.891. The van der Waals surface area contributed by atoms with Crippen LogP contribution < -0.4 is 11.1 Å². The van der Waals surface area contributed by atoms with Gasteiger partial charge in [-0.05, 0) is 53.4 Å². The fourth-order valence-electron chi connectivity index (χ4n) is 1.83. The average Bonchev–Trinajstić information content (AvgIpc) is 2.23. The van der Waals surface area contributed by atoms with Gasteiger partial charge < -0.3 is 11.1 Å². The number of benzene rings is 1. The van der Waals surface area contributed by atoms with Crippen LogP contribution in [0.25, 0.3) is 0 Å². The highest BCUT2D eigenvalue weighted by Crippen LogP contribution is 2.28. The number of carbonyl (C=O) groups excluding carboxylic acids is 1. The van der Waals surface area contributed by atoms with E-state index in [1.807, 2.05) is 0 Å². The minimum Gasteiger partial charge on any atom is -0.350 e. The summed E-state index contributed by atoms with van der Waals surface area (Å²) in [4.78, 5) is 11.8. The summed E-state index contributed by atoms with van der Waals surface area (Å²) >= 11 is 3.17. The van der Waals surface area contributed by atoms with Crippen molar-refractivity contribution in [2.24, 2.45) is 5.73 Å². The smallest absolute Gasteiger partial charge is 0.252 e. The maximum atomic E-state index is 12.9. The SMILES string of the molecule is Cl.NC1(CNC(=O)c2ccc(F)cc2Br)CCC1. The van der Waals surface area contributed by atoms with Crippen LogP contribution in [-0.4, -0.2) is 18.0 Å². The Hall–Kier alpha value is -0.650. The van der Waals surface area contributed by atoms with E-state index >= 15 is 0 Å². The van der Waals surface area contributed by atoms with Gasteiger partial charge in [-0.1, -0.05) is 0 Å². The molecule has 3 nitrogen and oxygen atoms in total. The van der Waals surface area contributed by atoms with Crippen molar-refractivity contribution in [1.82, 2.24) is 5.32 Å². The van der Waals surface area contributed by atoms with Crippen LogP contribution in [0.3, 0.4) is 0 Å². The van der Waals surface area contributed by atoms with Crippen molar-refractivity contribution in [2.75, 3.05) is 6.54 Å². The van der Waals surface area contributed by atoms with Gasteiger partial charge in [-0.3, -0.25) is 4.79 Å². The molecule has 0 unspecified atom stereocenters. The van der Waals surface area contributed by atoms with Gasteiger partial charge in [-0.25, -0.2) is 4.39 Å². The van der Waals surface area contributed by atoms with Gasteiger partial charge in [0, 0.05) is 16.6 Å². The van der Waals surface area contributed by atoms with E-state index in [2.05, 4.69) is 21.2 Å². The molecule has 0 heterocycles. The van der Waals surface area contributed by atoms with E-state index in [1.54, 1.807) is 0 Å². The highest BCUT2D eigenvalue weighted by atomic mass is 79.9. The lowest BCUT2D eigenvalue weighted by molar-refractivity contribution is 0.0929. The Balaban J connectivity index is 0.00000162. The molecule has 100 valence electrons. The van der Waals surface area contributed by atoms with Crippen molar-refractivity contribution >= 4 is 34.2 Å². The molecule has 0 bridgehead atoms. The van der Waals surface area contributed by atoms with Crippen molar-refractivity contribution in [3.63, 3.8) is 0 Å². The number of carbonyl (C=O) groups is 1. The third-order valence-corrected chi connectivity index (χ3v) is 3.78. The average molecular weight is 338 g/mol. The first kappa shape index (κ1) is 15.4. The number of nitrogens with one attached hydrogen (secondary N) is 1. The molecule has 0 radical (unpaired) electrons. The van der Waals surface area contributed by atoms with Crippen LogP contribution in [0.5, 0.6) is 0 Å². The Labute approximate surface area is 120 Å². The molecule has 1 aliphatic carbocycles. The summed E-state index contributed by atoms with van der Waals surface area (Å²) < 4.78 is 13.3. The summed E-state index contributed by atoms with van der Waals surface area (Å²) in [6.07, 6.45) is 3.00. The lowest BCUT2D eigenvalue weighted by Gasteiger charge is -2.38. The van der Waals surface area contributed by atoms with Gasteiger partial charge in [-0.15, -0.1) is 12.4 Å². The summed E-state index contributed by atoms with van der Waals surface area (Å²) in [5.41, 5.74) is 6.18. The largest absolute Gasteiger partial charge is 0.350 e. The zero-order valence-corrected chi connectivity index (χ0v) is 12.1. The molecule has 2 rings (SSSR count). The van der Waals surface area contributed by atoms with E-state index in [1.165, 1.54) is 18.2 Å². The number of rotatable bonds is 3. The summed E-state index contributed by atoms with van der Waals surface area (Å²) in [6.45, 7) is 0.468. The minimum absolute atomic E-state index is 0. The maximum absolute atomic E-state index is 12.9. The zero-order chi connectivity index (χ0) is 12.5.